The van der Waals surface area contributed by atoms with Crippen LogP contribution in [0.15, 0.2) is 18.5 Å². The second-order valence-corrected chi connectivity index (χ2v) is 4.19. The van der Waals surface area contributed by atoms with Gasteiger partial charge in [0.15, 0.2) is 0 Å². The summed E-state index contributed by atoms with van der Waals surface area (Å²) in [5, 5.41) is 0. The SMILES string of the molecule is CCCCCCCCn1ccc(C)c1. The first-order valence-electron chi connectivity index (χ1n) is 5.95. The van der Waals surface area contributed by atoms with Gasteiger partial charge in [-0.05, 0) is 25.0 Å². The average molecular weight is 193 g/mol. The standard InChI is InChI=1S/C13H23N/c1-3-4-5-6-7-8-10-14-11-9-13(2)12-14/h9,11-12H,3-8,10H2,1-2H3. The van der Waals surface area contributed by atoms with Gasteiger partial charge in [-0.15, -0.1) is 0 Å². The van der Waals surface area contributed by atoms with E-state index in [2.05, 4.69) is 36.9 Å². The van der Waals surface area contributed by atoms with Crippen LogP contribution in [0, 0.1) is 6.92 Å². The Labute approximate surface area is 88.1 Å². The first kappa shape index (κ1) is 11.4. The van der Waals surface area contributed by atoms with E-state index < -0.39 is 0 Å². The van der Waals surface area contributed by atoms with Crippen molar-refractivity contribution in [3.8, 4) is 0 Å². The van der Waals surface area contributed by atoms with Crippen LogP contribution in [0.5, 0.6) is 0 Å². The average Bonchev–Trinajstić information content (AvgIpc) is 2.58. The molecular weight excluding hydrogens is 170 g/mol. The van der Waals surface area contributed by atoms with Crippen LogP contribution in [-0.4, -0.2) is 4.57 Å². The highest BCUT2D eigenvalue weighted by Gasteiger charge is 1.93. The highest BCUT2D eigenvalue weighted by Crippen LogP contribution is 2.07. The van der Waals surface area contributed by atoms with Crippen LogP contribution in [0.2, 0.25) is 0 Å². The Morgan fingerprint density at radius 3 is 2.43 bits per heavy atom. The van der Waals surface area contributed by atoms with E-state index >= 15 is 0 Å². The molecule has 0 unspecified atom stereocenters. The van der Waals surface area contributed by atoms with Gasteiger partial charge >= 0.3 is 0 Å². The summed E-state index contributed by atoms with van der Waals surface area (Å²) in [6.45, 7) is 5.61. The molecule has 1 aromatic rings. The summed E-state index contributed by atoms with van der Waals surface area (Å²) in [4.78, 5) is 0. The third kappa shape index (κ3) is 4.50. The molecule has 0 bridgehead atoms. The second-order valence-electron chi connectivity index (χ2n) is 4.19. The summed E-state index contributed by atoms with van der Waals surface area (Å²) in [6.07, 6.45) is 12.7. The molecule has 0 aliphatic rings. The predicted molar refractivity (Wildman–Crippen MR) is 62.5 cm³/mol. The monoisotopic (exact) mass is 193 g/mol. The van der Waals surface area contributed by atoms with Crippen LogP contribution in [0.25, 0.3) is 0 Å². The van der Waals surface area contributed by atoms with Crippen LogP contribution in [0.1, 0.15) is 51.0 Å². The lowest BCUT2D eigenvalue weighted by Crippen LogP contribution is -1.93. The summed E-state index contributed by atoms with van der Waals surface area (Å²) >= 11 is 0. The van der Waals surface area contributed by atoms with Crippen LogP contribution < -0.4 is 0 Å². The van der Waals surface area contributed by atoms with Crippen molar-refractivity contribution in [3.63, 3.8) is 0 Å². The van der Waals surface area contributed by atoms with Gasteiger partial charge in [0.1, 0.15) is 0 Å². The minimum absolute atomic E-state index is 1.19. The van der Waals surface area contributed by atoms with Gasteiger partial charge < -0.3 is 4.57 Å². The van der Waals surface area contributed by atoms with Gasteiger partial charge in [-0.25, -0.2) is 0 Å². The van der Waals surface area contributed by atoms with E-state index in [1.807, 2.05) is 0 Å². The lowest BCUT2D eigenvalue weighted by molar-refractivity contribution is 0.559. The highest BCUT2D eigenvalue weighted by molar-refractivity contribution is 5.06. The molecule has 0 spiro atoms. The van der Waals surface area contributed by atoms with Gasteiger partial charge in [0, 0.05) is 18.9 Å². The number of hydrogen-bond acceptors (Lipinski definition) is 0. The predicted octanol–water partition coefficient (Wildman–Crippen LogP) is 4.16. The maximum absolute atomic E-state index is 2.30. The fourth-order valence-electron chi connectivity index (χ4n) is 1.77. The van der Waals surface area contributed by atoms with Crippen molar-refractivity contribution in [2.24, 2.45) is 0 Å². The molecule has 0 atom stereocenters. The van der Waals surface area contributed by atoms with E-state index in [-0.39, 0.29) is 0 Å². The number of nitrogens with zero attached hydrogens (tertiary/aromatic N) is 1. The Bertz CT molecular complexity index is 237. The summed E-state index contributed by atoms with van der Waals surface area (Å²) in [5.74, 6) is 0. The summed E-state index contributed by atoms with van der Waals surface area (Å²) in [7, 11) is 0. The molecule has 1 heterocycles. The molecule has 0 N–H and O–H groups in total. The molecular formula is C13H23N. The van der Waals surface area contributed by atoms with Crippen LogP contribution in [0.4, 0.5) is 0 Å². The van der Waals surface area contributed by atoms with Gasteiger partial charge in [0.2, 0.25) is 0 Å². The molecule has 1 aromatic heterocycles. The van der Waals surface area contributed by atoms with Gasteiger partial charge in [-0.2, -0.15) is 0 Å². The summed E-state index contributed by atoms with van der Waals surface area (Å²) in [6, 6.07) is 2.18. The van der Waals surface area contributed by atoms with Crippen LogP contribution in [-0.2, 0) is 6.54 Å². The van der Waals surface area contributed by atoms with Gasteiger partial charge in [-0.3, -0.25) is 0 Å². The number of hydrogen-bond donors (Lipinski definition) is 0. The number of aryl methyl sites for hydroxylation is 2. The zero-order chi connectivity index (χ0) is 10.2. The first-order valence-corrected chi connectivity index (χ1v) is 5.95. The first-order chi connectivity index (χ1) is 6.83. The van der Waals surface area contributed by atoms with Crippen molar-refractivity contribution < 1.29 is 0 Å². The number of unbranched alkanes of at least 4 members (excludes halogenated alkanes) is 5. The zero-order valence-electron chi connectivity index (χ0n) is 9.63. The fourth-order valence-corrected chi connectivity index (χ4v) is 1.77. The lowest BCUT2D eigenvalue weighted by Gasteiger charge is -2.02. The molecule has 0 saturated heterocycles. The Hall–Kier alpha value is -0.720. The number of aromatic nitrogens is 1. The Kier molecular flexibility index (Phi) is 5.43. The van der Waals surface area contributed by atoms with Crippen molar-refractivity contribution in [1.82, 2.24) is 4.57 Å². The molecule has 1 nitrogen and oxygen atoms in total. The fraction of sp³-hybridized carbons (Fsp3) is 0.692. The molecule has 1 rings (SSSR count). The minimum atomic E-state index is 1.19. The molecule has 1 heteroatoms. The molecule has 0 saturated carbocycles. The van der Waals surface area contributed by atoms with Crippen molar-refractivity contribution in [3.05, 3.63) is 24.0 Å². The maximum atomic E-state index is 2.30. The summed E-state index contributed by atoms with van der Waals surface area (Å²) in [5.41, 5.74) is 1.37. The topological polar surface area (TPSA) is 4.93 Å². The molecule has 80 valence electrons. The molecule has 14 heavy (non-hydrogen) atoms. The third-order valence-corrected chi connectivity index (χ3v) is 2.67. The summed E-state index contributed by atoms with van der Waals surface area (Å²) < 4.78 is 2.30. The van der Waals surface area contributed by atoms with E-state index in [9.17, 15) is 0 Å². The molecule has 0 fully saturated rings. The second kappa shape index (κ2) is 6.69. The molecule has 0 aliphatic heterocycles. The Balaban J connectivity index is 1.99. The maximum Gasteiger partial charge on any atom is 0.0219 e. The van der Waals surface area contributed by atoms with Crippen molar-refractivity contribution in [2.75, 3.05) is 0 Å². The van der Waals surface area contributed by atoms with Crippen LogP contribution in [0.3, 0.4) is 0 Å². The van der Waals surface area contributed by atoms with E-state index in [4.69, 9.17) is 0 Å². The van der Waals surface area contributed by atoms with E-state index in [1.165, 1.54) is 50.6 Å². The Morgan fingerprint density at radius 1 is 1.07 bits per heavy atom. The molecule has 0 radical (unpaired) electrons. The number of rotatable bonds is 7. The van der Waals surface area contributed by atoms with Crippen molar-refractivity contribution >= 4 is 0 Å². The molecule has 0 aliphatic carbocycles. The molecule has 0 aromatic carbocycles. The third-order valence-electron chi connectivity index (χ3n) is 2.67. The highest BCUT2D eigenvalue weighted by atomic mass is 14.9. The van der Waals surface area contributed by atoms with E-state index in [0.717, 1.165) is 0 Å². The van der Waals surface area contributed by atoms with Gasteiger partial charge in [0.25, 0.3) is 0 Å². The van der Waals surface area contributed by atoms with Crippen LogP contribution >= 0.6 is 0 Å². The van der Waals surface area contributed by atoms with E-state index in [1.54, 1.807) is 0 Å². The quantitative estimate of drug-likeness (QED) is 0.573. The van der Waals surface area contributed by atoms with Crippen molar-refractivity contribution in [2.45, 2.75) is 58.9 Å². The lowest BCUT2D eigenvalue weighted by atomic mass is 10.1. The zero-order valence-corrected chi connectivity index (χ0v) is 9.63. The smallest absolute Gasteiger partial charge is 0.0219 e. The minimum Gasteiger partial charge on any atom is -0.354 e. The molecule has 0 amide bonds. The largest absolute Gasteiger partial charge is 0.354 e. The van der Waals surface area contributed by atoms with E-state index in [0.29, 0.717) is 0 Å². The Morgan fingerprint density at radius 2 is 1.79 bits per heavy atom. The van der Waals surface area contributed by atoms with Gasteiger partial charge in [-0.1, -0.05) is 39.0 Å². The van der Waals surface area contributed by atoms with Gasteiger partial charge in [0.05, 0.1) is 0 Å². The normalized spacial score (nSPS) is 10.7. The van der Waals surface area contributed by atoms with Crippen molar-refractivity contribution in [1.29, 1.82) is 0 Å².